The molecule has 0 saturated carbocycles. The first kappa shape index (κ1) is 14.7. The van der Waals surface area contributed by atoms with E-state index in [0.29, 0.717) is 0 Å². The summed E-state index contributed by atoms with van der Waals surface area (Å²) in [6.07, 6.45) is 8.22. The Morgan fingerprint density at radius 3 is 2.76 bits per heavy atom. The number of fused-ring (bicyclic) bond motifs is 2. The van der Waals surface area contributed by atoms with Crippen LogP contribution in [0.15, 0.2) is 66.8 Å². The third kappa shape index (κ3) is 2.45. The molecule has 124 valence electrons. The minimum Gasteiger partial charge on any atom is -0.349 e. The number of hydrogen-bond donors (Lipinski definition) is 0. The number of halogens is 1. The number of nitrogens with zero attached hydrogens (tertiary/aromatic N) is 4. The van der Waals surface area contributed by atoms with Crippen molar-refractivity contribution in [2.24, 2.45) is 0 Å². The fourth-order valence-corrected chi connectivity index (χ4v) is 4.04. The number of benzene rings is 2. The molecule has 1 fully saturated rings. The minimum absolute atomic E-state index is 0.141. The second-order valence-corrected chi connectivity index (χ2v) is 6.92. The van der Waals surface area contributed by atoms with Gasteiger partial charge in [-0.15, -0.1) is 0 Å². The van der Waals surface area contributed by atoms with Gasteiger partial charge in [-0.25, -0.2) is 0 Å². The van der Waals surface area contributed by atoms with E-state index in [4.69, 9.17) is 11.6 Å². The van der Waals surface area contributed by atoms with Crippen molar-refractivity contribution in [1.29, 1.82) is 0 Å². The average Bonchev–Trinajstić information content (AvgIpc) is 3.22. The molecule has 1 atom stereocenters. The molecule has 0 aliphatic carbocycles. The highest BCUT2D eigenvalue weighted by atomic mass is 35.5. The summed E-state index contributed by atoms with van der Waals surface area (Å²) >= 11 is 6.24. The molecule has 1 unspecified atom stereocenters. The maximum Gasteiger partial charge on any atom is 0.132 e. The highest BCUT2D eigenvalue weighted by Crippen LogP contribution is 2.43. The Morgan fingerprint density at radius 1 is 1.00 bits per heavy atom. The van der Waals surface area contributed by atoms with Gasteiger partial charge >= 0.3 is 0 Å². The molecule has 25 heavy (non-hydrogen) atoms. The Balaban J connectivity index is 1.63. The molecule has 1 aromatic heterocycles. The summed E-state index contributed by atoms with van der Waals surface area (Å²) in [5.74, 6) is 0. The van der Waals surface area contributed by atoms with Crippen molar-refractivity contribution in [3.05, 3.63) is 77.3 Å². The summed E-state index contributed by atoms with van der Waals surface area (Å²) in [7, 11) is 0. The van der Waals surface area contributed by atoms with Crippen LogP contribution in [-0.2, 0) is 0 Å². The first-order valence-corrected chi connectivity index (χ1v) is 8.89. The minimum atomic E-state index is 0.141. The fraction of sp³-hybridized carbons (Fsp3) is 0.200. The molecule has 1 saturated heterocycles. The maximum absolute atomic E-state index is 6.24. The van der Waals surface area contributed by atoms with Crippen molar-refractivity contribution in [1.82, 2.24) is 14.9 Å². The van der Waals surface area contributed by atoms with Crippen molar-refractivity contribution in [3.63, 3.8) is 0 Å². The molecule has 3 heterocycles. The molecule has 2 aromatic carbocycles. The Kier molecular flexibility index (Phi) is 3.38. The van der Waals surface area contributed by atoms with Crippen LogP contribution in [0.4, 0.5) is 5.69 Å². The maximum atomic E-state index is 6.24. The number of rotatable bonds is 2. The number of hydrogen-bond acceptors (Lipinski definition) is 4. The SMILES string of the molecule is Clc1cccc(N2C=C3CCCN3C2c2ccc3nccnc3c2)c1. The first-order valence-electron chi connectivity index (χ1n) is 8.51. The van der Waals surface area contributed by atoms with Crippen molar-refractivity contribution >= 4 is 28.3 Å². The van der Waals surface area contributed by atoms with Crippen molar-refractivity contribution in [2.45, 2.75) is 19.0 Å². The quantitative estimate of drug-likeness (QED) is 0.669. The predicted octanol–water partition coefficient (Wildman–Crippen LogP) is 4.74. The fourth-order valence-electron chi connectivity index (χ4n) is 3.85. The zero-order valence-corrected chi connectivity index (χ0v) is 14.4. The van der Waals surface area contributed by atoms with Crippen LogP contribution in [0.1, 0.15) is 24.6 Å². The average molecular weight is 349 g/mol. The predicted molar refractivity (Wildman–Crippen MR) is 100 cm³/mol. The van der Waals surface area contributed by atoms with E-state index in [-0.39, 0.29) is 6.17 Å². The van der Waals surface area contributed by atoms with E-state index in [1.165, 1.54) is 17.7 Å². The second-order valence-electron chi connectivity index (χ2n) is 6.48. The van der Waals surface area contributed by atoms with Gasteiger partial charge in [0.2, 0.25) is 0 Å². The van der Waals surface area contributed by atoms with Gasteiger partial charge < -0.3 is 9.80 Å². The van der Waals surface area contributed by atoms with Crippen molar-refractivity contribution in [3.8, 4) is 0 Å². The zero-order chi connectivity index (χ0) is 16.8. The lowest BCUT2D eigenvalue weighted by molar-refractivity contribution is 0.319. The summed E-state index contributed by atoms with van der Waals surface area (Å²) in [6, 6.07) is 14.4. The van der Waals surface area contributed by atoms with Crippen molar-refractivity contribution < 1.29 is 0 Å². The summed E-state index contributed by atoms with van der Waals surface area (Å²) in [5, 5.41) is 0.756. The lowest BCUT2D eigenvalue weighted by Gasteiger charge is -2.32. The third-order valence-electron chi connectivity index (χ3n) is 4.95. The molecule has 0 bridgehead atoms. The normalized spacial score (nSPS) is 19.4. The summed E-state index contributed by atoms with van der Waals surface area (Å²) in [6.45, 7) is 1.08. The van der Waals surface area contributed by atoms with E-state index >= 15 is 0 Å². The topological polar surface area (TPSA) is 32.3 Å². The van der Waals surface area contributed by atoms with Gasteiger partial charge in [0.25, 0.3) is 0 Å². The first-order chi connectivity index (χ1) is 12.3. The van der Waals surface area contributed by atoms with E-state index < -0.39 is 0 Å². The molecule has 5 rings (SSSR count). The number of anilines is 1. The molecule has 2 aliphatic rings. The second kappa shape index (κ2) is 5.74. The molecule has 0 spiro atoms. The number of aromatic nitrogens is 2. The van der Waals surface area contributed by atoms with E-state index in [1.807, 2.05) is 18.2 Å². The number of allylic oxidation sites excluding steroid dienone is 1. The van der Waals surface area contributed by atoms with Gasteiger partial charge in [0.15, 0.2) is 0 Å². The summed E-state index contributed by atoms with van der Waals surface area (Å²) in [5.41, 5.74) is 5.58. The largest absolute Gasteiger partial charge is 0.349 e. The Bertz CT molecular complexity index is 984. The molecule has 4 nitrogen and oxygen atoms in total. The van der Waals surface area contributed by atoms with E-state index in [2.05, 4.69) is 50.2 Å². The van der Waals surface area contributed by atoms with Crippen LogP contribution < -0.4 is 4.90 Å². The summed E-state index contributed by atoms with van der Waals surface area (Å²) in [4.78, 5) is 13.7. The standard InChI is InChI=1S/C20H17ClN4/c21-15-3-1-4-16(12-15)25-13-17-5-2-10-24(17)20(25)14-6-7-18-19(11-14)23-9-8-22-18/h1,3-4,6-9,11-13,20H,2,5,10H2. The molecule has 5 heteroatoms. The molecule has 0 N–H and O–H groups in total. The highest BCUT2D eigenvalue weighted by molar-refractivity contribution is 6.30. The Hall–Kier alpha value is -2.59. The molecular weight excluding hydrogens is 332 g/mol. The zero-order valence-electron chi connectivity index (χ0n) is 13.6. The van der Waals surface area contributed by atoms with Crippen LogP contribution in [-0.4, -0.2) is 21.4 Å². The Labute approximate surface area is 151 Å². The van der Waals surface area contributed by atoms with E-state index in [9.17, 15) is 0 Å². The van der Waals surface area contributed by atoms with Gasteiger partial charge in [-0.1, -0.05) is 23.7 Å². The lowest BCUT2D eigenvalue weighted by Crippen LogP contribution is -2.30. The highest BCUT2D eigenvalue weighted by Gasteiger charge is 2.36. The van der Waals surface area contributed by atoms with Crippen LogP contribution in [0.2, 0.25) is 5.02 Å². The van der Waals surface area contributed by atoms with Gasteiger partial charge in [-0.3, -0.25) is 9.97 Å². The monoisotopic (exact) mass is 348 g/mol. The van der Waals surface area contributed by atoms with Crippen molar-refractivity contribution in [2.75, 3.05) is 11.4 Å². The molecule has 3 aromatic rings. The molecular formula is C20H17ClN4. The van der Waals surface area contributed by atoms with Gasteiger partial charge in [0.05, 0.1) is 11.0 Å². The summed E-state index contributed by atoms with van der Waals surface area (Å²) < 4.78 is 0. The van der Waals surface area contributed by atoms with Crippen LogP contribution in [0.3, 0.4) is 0 Å². The third-order valence-corrected chi connectivity index (χ3v) is 5.18. The van der Waals surface area contributed by atoms with E-state index in [0.717, 1.165) is 34.7 Å². The van der Waals surface area contributed by atoms with Crippen LogP contribution in [0, 0.1) is 0 Å². The van der Waals surface area contributed by atoms with Gasteiger partial charge in [-0.05, 0) is 48.7 Å². The molecule has 2 aliphatic heterocycles. The molecule has 0 amide bonds. The molecule has 0 radical (unpaired) electrons. The van der Waals surface area contributed by atoms with Crippen LogP contribution in [0.5, 0.6) is 0 Å². The smallest absolute Gasteiger partial charge is 0.132 e. The van der Waals surface area contributed by atoms with Gasteiger partial charge in [-0.2, -0.15) is 0 Å². The van der Waals surface area contributed by atoms with E-state index in [1.54, 1.807) is 12.4 Å². The lowest BCUT2D eigenvalue weighted by atomic mass is 10.1. The van der Waals surface area contributed by atoms with Gasteiger partial charge in [0.1, 0.15) is 6.17 Å². The van der Waals surface area contributed by atoms with Crippen LogP contribution in [0.25, 0.3) is 11.0 Å². The Morgan fingerprint density at radius 2 is 1.88 bits per heavy atom. The van der Waals surface area contributed by atoms with Crippen LogP contribution >= 0.6 is 11.6 Å². The van der Waals surface area contributed by atoms with Gasteiger partial charge in [0, 0.05) is 41.5 Å².